The van der Waals surface area contributed by atoms with Crippen molar-refractivity contribution in [2.24, 2.45) is 0 Å². The number of pyridine rings is 1. The molecule has 0 radical (unpaired) electrons. The third-order valence-corrected chi connectivity index (χ3v) is 1.81. The number of halogens is 3. The van der Waals surface area contributed by atoms with E-state index < -0.39 is 11.7 Å². The zero-order valence-corrected chi connectivity index (χ0v) is 8.38. The first-order valence-corrected chi connectivity index (χ1v) is 4.66. The molecule has 0 saturated carbocycles. The van der Waals surface area contributed by atoms with Gasteiger partial charge in [-0.05, 0) is 12.5 Å². The van der Waals surface area contributed by atoms with Gasteiger partial charge in [0.15, 0.2) is 0 Å². The van der Waals surface area contributed by atoms with Crippen LogP contribution < -0.4 is 0 Å². The SMILES string of the molecule is OCCCC#Cc1cnccc1C(F)(F)F. The van der Waals surface area contributed by atoms with Crippen molar-refractivity contribution in [2.75, 3.05) is 6.61 Å². The van der Waals surface area contributed by atoms with Gasteiger partial charge in [-0.25, -0.2) is 0 Å². The minimum absolute atomic E-state index is 0.0200. The summed E-state index contributed by atoms with van der Waals surface area (Å²) in [7, 11) is 0. The van der Waals surface area contributed by atoms with E-state index in [1.165, 1.54) is 0 Å². The smallest absolute Gasteiger partial charge is 0.396 e. The Bertz CT molecular complexity index is 404. The molecule has 0 bridgehead atoms. The zero-order valence-electron chi connectivity index (χ0n) is 8.38. The Labute approximate surface area is 91.1 Å². The van der Waals surface area contributed by atoms with Crippen molar-refractivity contribution < 1.29 is 18.3 Å². The number of aromatic nitrogens is 1. The molecule has 0 aliphatic carbocycles. The highest BCUT2D eigenvalue weighted by Crippen LogP contribution is 2.30. The zero-order chi connectivity index (χ0) is 12.0. The van der Waals surface area contributed by atoms with Gasteiger partial charge in [0.2, 0.25) is 0 Å². The van der Waals surface area contributed by atoms with E-state index in [0.29, 0.717) is 12.8 Å². The van der Waals surface area contributed by atoms with Gasteiger partial charge in [0.05, 0.1) is 11.1 Å². The highest BCUT2D eigenvalue weighted by molar-refractivity contribution is 5.40. The maximum atomic E-state index is 12.5. The molecule has 0 unspecified atom stereocenters. The first-order chi connectivity index (χ1) is 7.55. The average Bonchev–Trinajstić information content (AvgIpc) is 2.24. The van der Waals surface area contributed by atoms with Crippen molar-refractivity contribution >= 4 is 0 Å². The summed E-state index contributed by atoms with van der Waals surface area (Å²) in [6, 6.07) is 0.899. The Morgan fingerprint density at radius 2 is 2.12 bits per heavy atom. The van der Waals surface area contributed by atoms with Crippen molar-refractivity contribution in [2.45, 2.75) is 19.0 Å². The van der Waals surface area contributed by atoms with E-state index in [-0.39, 0.29) is 12.2 Å². The van der Waals surface area contributed by atoms with E-state index in [0.717, 1.165) is 18.5 Å². The minimum Gasteiger partial charge on any atom is -0.396 e. The molecular weight excluding hydrogens is 219 g/mol. The van der Waals surface area contributed by atoms with Crippen molar-refractivity contribution in [1.82, 2.24) is 4.98 Å². The molecule has 0 spiro atoms. The highest BCUT2D eigenvalue weighted by atomic mass is 19.4. The van der Waals surface area contributed by atoms with E-state index >= 15 is 0 Å². The molecule has 0 amide bonds. The monoisotopic (exact) mass is 229 g/mol. The molecular formula is C11H10F3NO. The maximum absolute atomic E-state index is 12.5. The number of aliphatic hydroxyl groups excluding tert-OH is 1. The van der Waals surface area contributed by atoms with Gasteiger partial charge in [-0.2, -0.15) is 13.2 Å². The molecule has 2 nitrogen and oxygen atoms in total. The van der Waals surface area contributed by atoms with Gasteiger partial charge in [-0.1, -0.05) is 11.8 Å². The Kier molecular flexibility index (Phi) is 4.32. The third kappa shape index (κ3) is 3.55. The first kappa shape index (κ1) is 12.5. The molecule has 86 valence electrons. The lowest BCUT2D eigenvalue weighted by Crippen LogP contribution is -2.07. The van der Waals surface area contributed by atoms with Crippen molar-refractivity contribution in [3.05, 3.63) is 29.6 Å². The van der Waals surface area contributed by atoms with E-state index in [1.54, 1.807) is 0 Å². The number of hydrogen-bond acceptors (Lipinski definition) is 2. The minimum atomic E-state index is -4.41. The second-order valence-electron chi connectivity index (χ2n) is 3.05. The summed E-state index contributed by atoms with van der Waals surface area (Å²) in [6.07, 6.45) is -1.42. The van der Waals surface area contributed by atoms with Crippen LogP contribution >= 0.6 is 0 Å². The van der Waals surface area contributed by atoms with Gasteiger partial charge in [-0.15, -0.1) is 0 Å². The van der Waals surface area contributed by atoms with Crippen molar-refractivity contribution in [1.29, 1.82) is 0 Å². The van der Waals surface area contributed by atoms with Crippen LogP contribution in [0.4, 0.5) is 13.2 Å². The average molecular weight is 229 g/mol. The topological polar surface area (TPSA) is 33.1 Å². The van der Waals surface area contributed by atoms with Crippen LogP contribution in [0, 0.1) is 11.8 Å². The lowest BCUT2D eigenvalue weighted by Gasteiger charge is -2.07. The molecule has 0 aliphatic heterocycles. The summed E-state index contributed by atoms with van der Waals surface area (Å²) in [6.45, 7) is -0.0200. The highest BCUT2D eigenvalue weighted by Gasteiger charge is 2.32. The number of unbranched alkanes of at least 4 members (excludes halogenated alkanes) is 1. The molecule has 0 aromatic carbocycles. The van der Waals surface area contributed by atoms with Crippen LogP contribution in [0.3, 0.4) is 0 Å². The molecule has 1 aromatic rings. The van der Waals surface area contributed by atoms with E-state index in [9.17, 15) is 13.2 Å². The van der Waals surface area contributed by atoms with E-state index in [2.05, 4.69) is 16.8 Å². The fourth-order valence-electron chi connectivity index (χ4n) is 1.07. The van der Waals surface area contributed by atoms with Crippen LogP contribution in [-0.4, -0.2) is 16.7 Å². The fourth-order valence-corrected chi connectivity index (χ4v) is 1.07. The second-order valence-corrected chi connectivity index (χ2v) is 3.05. The molecule has 1 heterocycles. The summed E-state index contributed by atoms with van der Waals surface area (Å²) < 4.78 is 37.5. The Morgan fingerprint density at radius 3 is 2.75 bits per heavy atom. The van der Waals surface area contributed by atoms with Gasteiger partial charge >= 0.3 is 6.18 Å². The molecule has 16 heavy (non-hydrogen) atoms. The van der Waals surface area contributed by atoms with Crippen LogP contribution in [0.25, 0.3) is 0 Å². The molecule has 1 aromatic heterocycles. The van der Waals surface area contributed by atoms with Crippen molar-refractivity contribution in [3.63, 3.8) is 0 Å². The summed E-state index contributed by atoms with van der Waals surface area (Å²) in [5, 5.41) is 8.49. The first-order valence-electron chi connectivity index (χ1n) is 4.66. The summed E-state index contributed by atoms with van der Waals surface area (Å²) in [4.78, 5) is 3.61. The van der Waals surface area contributed by atoms with Crippen LogP contribution in [-0.2, 0) is 6.18 Å². The molecule has 1 rings (SSSR count). The quantitative estimate of drug-likeness (QED) is 0.623. The molecule has 1 N–H and O–H groups in total. The number of nitrogens with zero attached hydrogens (tertiary/aromatic N) is 1. The van der Waals surface area contributed by atoms with Gasteiger partial charge in [0, 0.05) is 25.4 Å². The van der Waals surface area contributed by atoms with Crippen LogP contribution in [0.5, 0.6) is 0 Å². The second kappa shape index (κ2) is 5.52. The Balaban J connectivity index is 2.90. The molecule has 0 saturated heterocycles. The number of hydrogen-bond donors (Lipinski definition) is 1. The normalized spacial score (nSPS) is 10.8. The standard InChI is InChI=1S/C11H10F3NO/c12-11(13,14)10-5-6-15-8-9(10)4-2-1-3-7-16/h5-6,8,16H,1,3,7H2. The summed E-state index contributed by atoms with van der Waals surface area (Å²) in [5.74, 6) is 4.98. The number of aliphatic hydroxyl groups is 1. The fraction of sp³-hybridized carbons (Fsp3) is 0.364. The number of alkyl halides is 3. The largest absolute Gasteiger partial charge is 0.417 e. The maximum Gasteiger partial charge on any atom is 0.417 e. The van der Waals surface area contributed by atoms with Gasteiger partial charge < -0.3 is 5.11 Å². The molecule has 0 atom stereocenters. The summed E-state index contributed by atoms with van der Waals surface area (Å²) in [5.41, 5.74) is -0.910. The van der Waals surface area contributed by atoms with Gasteiger partial charge in [-0.3, -0.25) is 4.98 Å². The Hall–Kier alpha value is -1.54. The van der Waals surface area contributed by atoms with Gasteiger partial charge in [0.1, 0.15) is 0 Å². The third-order valence-electron chi connectivity index (χ3n) is 1.81. The van der Waals surface area contributed by atoms with Crippen LogP contribution in [0.1, 0.15) is 24.0 Å². The van der Waals surface area contributed by atoms with Crippen LogP contribution in [0.15, 0.2) is 18.5 Å². The van der Waals surface area contributed by atoms with Gasteiger partial charge in [0.25, 0.3) is 0 Å². The Morgan fingerprint density at radius 1 is 1.38 bits per heavy atom. The number of rotatable bonds is 2. The predicted octanol–water partition coefficient (Wildman–Crippen LogP) is 2.22. The van der Waals surface area contributed by atoms with Crippen LogP contribution in [0.2, 0.25) is 0 Å². The van der Waals surface area contributed by atoms with Crippen molar-refractivity contribution in [3.8, 4) is 11.8 Å². The predicted molar refractivity (Wildman–Crippen MR) is 52.4 cm³/mol. The molecule has 5 heteroatoms. The molecule has 0 fully saturated rings. The lowest BCUT2D eigenvalue weighted by molar-refractivity contribution is -0.137. The van der Waals surface area contributed by atoms with E-state index in [4.69, 9.17) is 5.11 Å². The summed E-state index contributed by atoms with van der Waals surface area (Å²) >= 11 is 0. The van der Waals surface area contributed by atoms with E-state index in [1.807, 2.05) is 0 Å². The lowest BCUT2D eigenvalue weighted by atomic mass is 10.1. The molecule has 0 aliphatic rings.